The van der Waals surface area contributed by atoms with Crippen LogP contribution in [0.5, 0.6) is 0 Å². The fourth-order valence-corrected chi connectivity index (χ4v) is 9.70. The maximum Gasteiger partial charge on any atom is 0.0594 e. The molecule has 0 bridgehead atoms. The van der Waals surface area contributed by atoms with Gasteiger partial charge in [-0.15, -0.1) is 0 Å². The molecule has 0 radical (unpaired) electrons. The molecule has 4 aliphatic rings. The van der Waals surface area contributed by atoms with Crippen molar-refractivity contribution < 1.29 is 15.3 Å². The zero-order valence-electron chi connectivity index (χ0n) is 24.4. The third kappa shape index (κ3) is 4.58. The van der Waals surface area contributed by atoms with Gasteiger partial charge in [0.25, 0.3) is 0 Å². The molecule has 0 saturated heterocycles. The minimum absolute atomic E-state index is 0.00194. The first-order valence-corrected chi connectivity index (χ1v) is 15.4. The monoisotopic (exact) mass is 500 g/mol. The maximum atomic E-state index is 10.8. The van der Waals surface area contributed by atoms with Gasteiger partial charge in [0.1, 0.15) is 0 Å². The fraction of sp³-hybridized carbons (Fsp3) is 0.879. The average molecular weight is 501 g/mol. The lowest BCUT2D eigenvalue weighted by molar-refractivity contribution is -0.0905. The summed E-state index contributed by atoms with van der Waals surface area (Å²) in [7, 11) is 0. The molecule has 2 unspecified atom stereocenters. The third-order valence-electron chi connectivity index (χ3n) is 12.1. The molecule has 0 aliphatic heterocycles. The summed E-state index contributed by atoms with van der Waals surface area (Å²) >= 11 is 0. The Bertz CT molecular complexity index is 845. The van der Waals surface area contributed by atoms with Crippen LogP contribution < -0.4 is 0 Å². The highest BCUT2D eigenvalue weighted by Crippen LogP contribution is 2.66. The van der Waals surface area contributed by atoms with Crippen molar-refractivity contribution in [3.05, 3.63) is 22.8 Å². The van der Waals surface area contributed by atoms with Crippen molar-refractivity contribution in [2.24, 2.45) is 39.9 Å². The van der Waals surface area contributed by atoms with Crippen molar-refractivity contribution in [1.29, 1.82) is 0 Å². The number of fused-ring (bicyclic) bond motifs is 4. The molecule has 3 nitrogen and oxygen atoms in total. The van der Waals surface area contributed by atoms with Gasteiger partial charge in [0.15, 0.2) is 0 Å². The van der Waals surface area contributed by atoms with Crippen LogP contribution in [-0.2, 0) is 0 Å². The first-order valence-electron chi connectivity index (χ1n) is 15.4. The summed E-state index contributed by atoms with van der Waals surface area (Å²) in [4.78, 5) is 0. The van der Waals surface area contributed by atoms with E-state index in [1.807, 2.05) is 13.8 Å². The van der Waals surface area contributed by atoms with E-state index in [0.717, 1.165) is 38.5 Å². The van der Waals surface area contributed by atoms with E-state index >= 15 is 0 Å². The van der Waals surface area contributed by atoms with Crippen LogP contribution in [0.3, 0.4) is 0 Å². The number of aliphatic hydroxyl groups excluding tert-OH is 3. The van der Waals surface area contributed by atoms with Crippen molar-refractivity contribution in [1.82, 2.24) is 0 Å². The van der Waals surface area contributed by atoms with Gasteiger partial charge in [-0.3, -0.25) is 0 Å². The Balaban J connectivity index is 1.46. The fourth-order valence-electron chi connectivity index (χ4n) is 9.70. The number of aliphatic hydroxyl groups is 3. The van der Waals surface area contributed by atoms with Crippen LogP contribution in [0.25, 0.3) is 0 Å². The second kappa shape index (κ2) is 10.5. The van der Waals surface area contributed by atoms with Crippen LogP contribution in [0, 0.1) is 39.9 Å². The van der Waals surface area contributed by atoms with E-state index in [0.29, 0.717) is 17.8 Å². The molecule has 0 heterocycles. The molecule has 4 rings (SSSR count). The number of rotatable bonds is 9. The van der Waals surface area contributed by atoms with E-state index in [9.17, 15) is 15.3 Å². The molecule has 3 heteroatoms. The highest BCUT2D eigenvalue weighted by Gasteiger charge is 2.57. The molecule has 0 aromatic carbocycles. The first-order chi connectivity index (χ1) is 16.9. The second-order valence-electron chi connectivity index (χ2n) is 14.2. The Labute approximate surface area is 221 Å². The SMILES string of the molecule is CCC(O)C(CCC[C@@H](C)[C@H]1CC=C2C3=C(CC[C@@]21C)[C@@]1(C)CC[C@H](O)C(C)(C)[C@@H]1CC3)C(O)CC. The van der Waals surface area contributed by atoms with Crippen LogP contribution >= 0.6 is 0 Å². The molecule has 8 atom stereocenters. The van der Waals surface area contributed by atoms with Crippen molar-refractivity contribution in [3.63, 3.8) is 0 Å². The first kappa shape index (κ1) is 28.4. The molecule has 206 valence electrons. The molecular weight excluding hydrogens is 444 g/mol. The molecule has 3 N–H and O–H groups in total. The minimum atomic E-state index is -0.390. The Hall–Kier alpha value is -0.640. The van der Waals surface area contributed by atoms with Gasteiger partial charge >= 0.3 is 0 Å². The van der Waals surface area contributed by atoms with E-state index in [2.05, 4.69) is 40.7 Å². The van der Waals surface area contributed by atoms with Crippen LogP contribution in [-0.4, -0.2) is 33.6 Å². The van der Waals surface area contributed by atoms with Gasteiger partial charge in [0, 0.05) is 5.92 Å². The summed E-state index contributed by atoms with van der Waals surface area (Å²) in [6.07, 6.45) is 14.5. The highest BCUT2D eigenvalue weighted by molar-refractivity contribution is 5.49. The van der Waals surface area contributed by atoms with E-state index in [1.165, 1.54) is 38.5 Å². The van der Waals surface area contributed by atoms with Gasteiger partial charge in [0.2, 0.25) is 0 Å². The van der Waals surface area contributed by atoms with Crippen LogP contribution in [0.15, 0.2) is 22.8 Å². The number of hydrogen-bond donors (Lipinski definition) is 3. The third-order valence-corrected chi connectivity index (χ3v) is 12.1. The molecule has 1 saturated carbocycles. The van der Waals surface area contributed by atoms with Gasteiger partial charge in [-0.2, -0.15) is 0 Å². The largest absolute Gasteiger partial charge is 0.393 e. The number of allylic oxidation sites excluding steroid dienone is 4. The lowest BCUT2D eigenvalue weighted by Gasteiger charge is -2.59. The highest BCUT2D eigenvalue weighted by atomic mass is 16.3. The summed E-state index contributed by atoms with van der Waals surface area (Å²) in [5.41, 5.74) is 5.68. The van der Waals surface area contributed by atoms with Gasteiger partial charge in [-0.25, -0.2) is 0 Å². The standard InChI is InChI=1S/C33H56O3/c1-8-27(34)23(28(35)9-2)12-10-11-21(3)24-14-15-25-22-13-16-29-31(4,5)30(36)18-20-33(29,7)26(22)17-19-32(24,25)6/h15,21,23-24,27-30,34-36H,8-14,16-20H2,1-7H3/t21-,23?,24-,27?,28?,29+,30+,32-,33-/m1/s1. The normalized spacial score (nSPS) is 38.9. The average Bonchev–Trinajstić information content (AvgIpc) is 3.20. The predicted octanol–water partition coefficient (Wildman–Crippen LogP) is 7.59. The van der Waals surface area contributed by atoms with E-state index in [1.54, 1.807) is 16.7 Å². The second-order valence-corrected chi connectivity index (χ2v) is 14.2. The van der Waals surface area contributed by atoms with Crippen LogP contribution in [0.2, 0.25) is 0 Å². The minimum Gasteiger partial charge on any atom is -0.393 e. The maximum absolute atomic E-state index is 10.8. The molecule has 0 spiro atoms. The zero-order valence-corrected chi connectivity index (χ0v) is 24.4. The molecule has 0 aromatic rings. The Morgan fingerprint density at radius 1 is 0.917 bits per heavy atom. The Kier molecular flexibility index (Phi) is 8.27. The number of hydrogen-bond acceptors (Lipinski definition) is 3. The topological polar surface area (TPSA) is 60.7 Å². The van der Waals surface area contributed by atoms with Crippen molar-refractivity contribution in [2.45, 2.75) is 144 Å². The summed E-state index contributed by atoms with van der Waals surface area (Å²) < 4.78 is 0. The zero-order chi connectivity index (χ0) is 26.5. The van der Waals surface area contributed by atoms with E-state index < -0.39 is 12.2 Å². The predicted molar refractivity (Wildman–Crippen MR) is 150 cm³/mol. The lowest BCUT2D eigenvalue weighted by atomic mass is 9.46. The molecule has 1 fully saturated rings. The van der Waals surface area contributed by atoms with Gasteiger partial charge in [0.05, 0.1) is 18.3 Å². The van der Waals surface area contributed by atoms with Gasteiger partial charge < -0.3 is 15.3 Å². The van der Waals surface area contributed by atoms with E-state index in [4.69, 9.17) is 0 Å². The van der Waals surface area contributed by atoms with E-state index in [-0.39, 0.29) is 28.3 Å². The molecule has 4 aliphatic carbocycles. The molecule has 0 amide bonds. The molecular formula is C33H56O3. The lowest BCUT2D eigenvalue weighted by Crippen LogP contribution is -2.53. The van der Waals surface area contributed by atoms with Crippen molar-refractivity contribution in [2.75, 3.05) is 0 Å². The Morgan fingerprint density at radius 3 is 2.22 bits per heavy atom. The summed E-state index contributed by atoms with van der Waals surface area (Å²) in [6, 6.07) is 0. The summed E-state index contributed by atoms with van der Waals surface area (Å²) in [5.74, 6) is 1.94. The van der Waals surface area contributed by atoms with Gasteiger partial charge in [-0.1, -0.05) is 73.0 Å². The quantitative estimate of drug-likeness (QED) is 0.305. The van der Waals surface area contributed by atoms with Crippen molar-refractivity contribution >= 4 is 0 Å². The summed E-state index contributed by atoms with van der Waals surface area (Å²) in [5, 5.41) is 31.7. The molecule has 0 aromatic heterocycles. The molecule has 36 heavy (non-hydrogen) atoms. The smallest absolute Gasteiger partial charge is 0.0594 e. The van der Waals surface area contributed by atoms with Crippen LogP contribution in [0.1, 0.15) is 126 Å². The van der Waals surface area contributed by atoms with Crippen molar-refractivity contribution in [3.8, 4) is 0 Å². The van der Waals surface area contributed by atoms with Crippen LogP contribution in [0.4, 0.5) is 0 Å². The Morgan fingerprint density at radius 2 is 1.58 bits per heavy atom. The van der Waals surface area contributed by atoms with Gasteiger partial charge in [-0.05, 0) is 109 Å². The summed E-state index contributed by atoms with van der Waals surface area (Å²) in [6.45, 7) is 16.2.